The predicted molar refractivity (Wildman–Crippen MR) is 89.9 cm³/mol. The summed E-state index contributed by atoms with van der Waals surface area (Å²) < 4.78 is 5.45. The maximum absolute atomic E-state index is 12.2. The van der Waals surface area contributed by atoms with Gasteiger partial charge in [0.1, 0.15) is 5.75 Å². The molecule has 0 unspecified atom stereocenters. The van der Waals surface area contributed by atoms with Crippen LogP contribution in [0.2, 0.25) is 10.0 Å². The maximum Gasteiger partial charge on any atom is 0.260 e. The Morgan fingerprint density at radius 2 is 2.04 bits per heavy atom. The Hall–Kier alpha value is -1.72. The van der Waals surface area contributed by atoms with E-state index in [0.717, 1.165) is 0 Å². The summed E-state index contributed by atoms with van der Waals surface area (Å²) in [5.41, 5.74) is 0. The number of likely N-dealkylation sites (tertiary alicyclic amines) is 1. The average Bonchev–Trinajstić information content (AvgIpc) is 2.54. The molecule has 1 saturated heterocycles. The third-order valence-corrected chi connectivity index (χ3v) is 4.15. The molecular weight excluding hydrogens is 339 g/mol. The van der Waals surface area contributed by atoms with Crippen molar-refractivity contribution in [3.8, 4) is 5.75 Å². The van der Waals surface area contributed by atoms with E-state index in [2.05, 4.69) is 11.9 Å². The fourth-order valence-corrected chi connectivity index (χ4v) is 2.82. The quantitative estimate of drug-likeness (QED) is 0.825. The molecule has 23 heavy (non-hydrogen) atoms. The molecule has 0 bridgehead atoms. The number of nitrogens with one attached hydrogen (secondary N) is 1. The molecule has 1 heterocycles. The number of hydrogen-bond donors (Lipinski definition) is 1. The summed E-state index contributed by atoms with van der Waals surface area (Å²) in [4.78, 5) is 25.1. The van der Waals surface area contributed by atoms with Gasteiger partial charge in [0.15, 0.2) is 6.61 Å². The summed E-state index contributed by atoms with van der Waals surface area (Å²) in [6.07, 6.45) is 2.68. The van der Waals surface area contributed by atoms with Crippen LogP contribution in [0.5, 0.6) is 5.75 Å². The minimum Gasteiger partial charge on any atom is -0.482 e. The van der Waals surface area contributed by atoms with Gasteiger partial charge in [0.05, 0.1) is 5.02 Å². The monoisotopic (exact) mass is 356 g/mol. The molecule has 5 nitrogen and oxygen atoms in total. The summed E-state index contributed by atoms with van der Waals surface area (Å²) in [6.45, 7) is 4.51. The lowest BCUT2D eigenvalue weighted by molar-refractivity contribution is -0.134. The average molecular weight is 357 g/mol. The first-order chi connectivity index (χ1) is 11.0. The molecule has 1 aromatic carbocycles. The zero-order valence-corrected chi connectivity index (χ0v) is 14.1. The molecule has 7 heteroatoms. The van der Waals surface area contributed by atoms with Gasteiger partial charge in [-0.3, -0.25) is 9.59 Å². The van der Waals surface area contributed by atoms with Gasteiger partial charge < -0.3 is 15.0 Å². The lowest BCUT2D eigenvalue weighted by Gasteiger charge is -2.32. The number of nitrogens with zero attached hydrogens (tertiary/aromatic N) is 1. The topological polar surface area (TPSA) is 58.6 Å². The van der Waals surface area contributed by atoms with Crippen molar-refractivity contribution in [3.63, 3.8) is 0 Å². The van der Waals surface area contributed by atoms with Crippen LogP contribution in [0.3, 0.4) is 0 Å². The van der Waals surface area contributed by atoms with Gasteiger partial charge in [-0.25, -0.2) is 0 Å². The van der Waals surface area contributed by atoms with Crippen molar-refractivity contribution >= 4 is 35.0 Å². The summed E-state index contributed by atoms with van der Waals surface area (Å²) in [6, 6.07) is 4.93. The van der Waals surface area contributed by atoms with E-state index in [0.29, 0.717) is 41.7 Å². The second-order valence-corrected chi connectivity index (χ2v) is 6.07. The van der Waals surface area contributed by atoms with Gasteiger partial charge in [0, 0.05) is 24.2 Å². The fraction of sp³-hybridized carbons (Fsp3) is 0.375. The zero-order valence-electron chi connectivity index (χ0n) is 12.6. The first-order valence-corrected chi connectivity index (χ1v) is 8.03. The number of carbonyl (C=O) groups is 2. The first-order valence-electron chi connectivity index (χ1n) is 7.28. The number of benzene rings is 1. The summed E-state index contributed by atoms with van der Waals surface area (Å²) in [5.74, 6) is 0.137. The summed E-state index contributed by atoms with van der Waals surface area (Å²) in [5, 5.41) is 3.73. The van der Waals surface area contributed by atoms with Crippen LogP contribution < -0.4 is 10.1 Å². The van der Waals surface area contributed by atoms with Gasteiger partial charge in [0.2, 0.25) is 5.91 Å². The Morgan fingerprint density at radius 3 is 2.65 bits per heavy atom. The second-order valence-electron chi connectivity index (χ2n) is 5.23. The Balaban J connectivity index is 1.79. The normalized spacial score (nSPS) is 15.1. The van der Waals surface area contributed by atoms with E-state index < -0.39 is 0 Å². The van der Waals surface area contributed by atoms with E-state index in [9.17, 15) is 9.59 Å². The SMILES string of the molecule is C=CC(=O)NC1CCN(C(=O)COc2ccc(Cl)cc2Cl)CC1. The van der Waals surface area contributed by atoms with Gasteiger partial charge in [-0.1, -0.05) is 29.8 Å². The number of carbonyl (C=O) groups excluding carboxylic acids is 2. The molecule has 1 aliphatic heterocycles. The molecule has 1 N–H and O–H groups in total. The van der Waals surface area contributed by atoms with Gasteiger partial charge in [-0.15, -0.1) is 0 Å². The van der Waals surface area contributed by atoms with Crippen molar-refractivity contribution in [1.29, 1.82) is 0 Å². The van der Waals surface area contributed by atoms with Crippen LogP contribution in [0.15, 0.2) is 30.9 Å². The lowest BCUT2D eigenvalue weighted by atomic mass is 10.1. The van der Waals surface area contributed by atoms with Crippen LogP contribution in [0.4, 0.5) is 0 Å². The number of amides is 2. The molecule has 1 aromatic rings. The van der Waals surface area contributed by atoms with Crippen molar-refractivity contribution < 1.29 is 14.3 Å². The minimum atomic E-state index is -0.185. The van der Waals surface area contributed by atoms with E-state index >= 15 is 0 Å². The molecule has 1 aliphatic rings. The van der Waals surface area contributed by atoms with Gasteiger partial charge >= 0.3 is 0 Å². The van der Waals surface area contributed by atoms with E-state index in [1.807, 2.05) is 0 Å². The molecule has 0 aliphatic carbocycles. The van der Waals surface area contributed by atoms with E-state index in [-0.39, 0.29) is 24.5 Å². The van der Waals surface area contributed by atoms with Crippen molar-refractivity contribution in [2.75, 3.05) is 19.7 Å². The predicted octanol–water partition coefficient (Wildman–Crippen LogP) is 2.67. The Labute approximate surface area is 145 Å². The highest BCUT2D eigenvalue weighted by Gasteiger charge is 2.23. The lowest BCUT2D eigenvalue weighted by Crippen LogP contribution is -2.47. The Kier molecular flexibility index (Phi) is 6.30. The molecule has 2 amide bonds. The van der Waals surface area contributed by atoms with E-state index in [4.69, 9.17) is 27.9 Å². The standard InChI is InChI=1S/C16H18Cl2N2O3/c1-2-15(21)19-12-5-7-20(8-6-12)16(22)10-23-14-4-3-11(17)9-13(14)18/h2-4,9,12H,1,5-8,10H2,(H,19,21). The van der Waals surface area contributed by atoms with Crippen LogP contribution in [-0.4, -0.2) is 42.5 Å². The summed E-state index contributed by atoms with van der Waals surface area (Å²) in [7, 11) is 0. The summed E-state index contributed by atoms with van der Waals surface area (Å²) >= 11 is 11.8. The molecule has 0 spiro atoms. The molecule has 0 radical (unpaired) electrons. The second kappa shape index (κ2) is 8.22. The number of ether oxygens (including phenoxy) is 1. The van der Waals surface area contributed by atoms with Crippen LogP contribution in [0.1, 0.15) is 12.8 Å². The van der Waals surface area contributed by atoms with Crippen molar-refractivity contribution in [2.24, 2.45) is 0 Å². The van der Waals surface area contributed by atoms with Gasteiger partial charge in [0.25, 0.3) is 5.91 Å². The van der Waals surface area contributed by atoms with Crippen molar-refractivity contribution in [2.45, 2.75) is 18.9 Å². The highest BCUT2D eigenvalue weighted by atomic mass is 35.5. The maximum atomic E-state index is 12.2. The zero-order chi connectivity index (χ0) is 16.8. The molecular formula is C16H18Cl2N2O3. The van der Waals surface area contributed by atoms with Crippen LogP contribution in [0, 0.1) is 0 Å². The number of halogens is 2. The van der Waals surface area contributed by atoms with Gasteiger partial charge in [-0.2, -0.15) is 0 Å². The number of piperidine rings is 1. The first kappa shape index (κ1) is 17.6. The molecule has 0 atom stereocenters. The number of rotatable bonds is 5. The van der Waals surface area contributed by atoms with E-state index in [1.165, 1.54) is 6.08 Å². The Bertz CT molecular complexity index is 599. The highest BCUT2D eigenvalue weighted by Crippen LogP contribution is 2.27. The molecule has 0 saturated carbocycles. The largest absolute Gasteiger partial charge is 0.482 e. The number of hydrogen-bond acceptors (Lipinski definition) is 3. The van der Waals surface area contributed by atoms with Crippen LogP contribution in [-0.2, 0) is 9.59 Å². The highest BCUT2D eigenvalue weighted by molar-refractivity contribution is 6.35. The Morgan fingerprint density at radius 1 is 1.35 bits per heavy atom. The minimum absolute atomic E-state index is 0.0783. The molecule has 1 fully saturated rings. The van der Waals surface area contributed by atoms with Crippen LogP contribution >= 0.6 is 23.2 Å². The third-order valence-electron chi connectivity index (χ3n) is 3.62. The molecule has 2 rings (SSSR count). The third kappa shape index (κ3) is 5.15. The van der Waals surface area contributed by atoms with E-state index in [1.54, 1.807) is 23.1 Å². The smallest absolute Gasteiger partial charge is 0.260 e. The fourth-order valence-electron chi connectivity index (χ4n) is 2.36. The molecule has 124 valence electrons. The van der Waals surface area contributed by atoms with Crippen LogP contribution in [0.25, 0.3) is 0 Å². The van der Waals surface area contributed by atoms with Crippen molar-refractivity contribution in [1.82, 2.24) is 10.2 Å². The van der Waals surface area contributed by atoms with Crippen molar-refractivity contribution in [3.05, 3.63) is 40.9 Å². The molecule has 0 aromatic heterocycles. The van der Waals surface area contributed by atoms with Gasteiger partial charge in [-0.05, 0) is 37.1 Å².